The summed E-state index contributed by atoms with van der Waals surface area (Å²) in [7, 11) is -3.51. The smallest absolute Gasteiger partial charge is 0.255 e. The van der Waals surface area contributed by atoms with E-state index in [0.717, 1.165) is 12.0 Å². The van der Waals surface area contributed by atoms with Crippen molar-refractivity contribution >= 4 is 21.6 Å². The third kappa shape index (κ3) is 4.57. The van der Waals surface area contributed by atoms with Gasteiger partial charge in [-0.15, -0.1) is 0 Å². The fraction of sp³-hybridized carbons (Fsp3) is 0.381. The molecule has 1 aliphatic rings. The summed E-state index contributed by atoms with van der Waals surface area (Å²) >= 11 is 0. The molecule has 0 saturated carbocycles. The second kappa shape index (κ2) is 7.82. The number of benzene rings is 2. The van der Waals surface area contributed by atoms with Crippen LogP contribution in [-0.2, 0) is 10.0 Å². The molecule has 2 atom stereocenters. The molecule has 0 spiro atoms. The minimum absolute atomic E-state index is 0.218. The van der Waals surface area contributed by atoms with Crippen molar-refractivity contribution in [1.29, 1.82) is 0 Å². The largest absolute Gasteiger partial charge is 0.322 e. The summed E-state index contributed by atoms with van der Waals surface area (Å²) < 4.78 is 27.4. The zero-order chi connectivity index (χ0) is 19.6. The number of piperidine rings is 1. The number of hydrogen-bond donors (Lipinski definition) is 1. The van der Waals surface area contributed by atoms with Crippen molar-refractivity contribution in [2.75, 3.05) is 18.4 Å². The number of amides is 1. The number of anilines is 1. The van der Waals surface area contributed by atoms with Crippen molar-refractivity contribution in [2.24, 2.45) is 11.8 Å². The fourth-order valence-electron chi connectivity index (χ4n) is 3.57. The van der Waals surface area contributed by atoms with Crippen LogP contribution in [0.15, 0.2) is 53.4 Å². The summed E-state index contributed by atoms with van der Waals surface area (Å²) in [6, 6.07) is 13.7. The van der Waals surface area contributed by atoms with E-state index in [-0.39, 0.29) is 10.8 Å². The molecule has 1 aliphatic heterocycles. The van der Waals surface area contributed by atoms with Gasteiger partial charge in [0.25, 0.3) is 5.91 Å². The Hall–Kier alpha value is -2.18. The van der Waals surface area contributed by atoms with Crippen LogP contribution in [0.4, 0.5) is 5.69 Å². The molecule has 144 valence electrons. The highest BCUT2D eigenvalue weighted by molar-refractivity contribution is 7.89. The first-order chi connectivity index (χ1) is 12.8. The van der Waals surface area contributed by atoms with Crippen LogP contribution in [0.1, 0.15) is 36.2 Å². The van der Waals surface area contributed by atoms with Crippen LogP contribution < -0.4 is 5.32 Å². The van der Waals surface area contributed by atoms with Gasteiger partial charge in [-0.1, -0.05) is 31.5 Å². The monoisotopic (exact) mass is 386 g/mol. The number of aryl methyl sites for hydroxylation is 1. The summed E-state index contributed by atoms with van der Waals surface area (Å²) in [5.41, 5.74) is 2.22. The number of hydrogen-bond acceptors (Lipinski definition) is 3. The maximum absolute atomic E-state index is 12.9. The summed E-state index contributed by atoms with van der Waals surface area (Å²) in [5, 5.41) is 2.80. The van der Waals surface area contributed by atoms with Crippen molar-refractivity contribution in [2.45, 2.75) is 32.1 Å². The van der Waals surface area contributed by atoms with Gasteiger partial charge >= 0.3 is 0 Å². The molecule has 0 aliphatic carbocycles. The predicted molar refractivity (Wildman–Crippen MR) is 107 cm³/mol. The molecule has 0 aromatic heterocycles. The molecular formula is C21H26N2O3S. The van der Waals surface area contributed by atoms with Crippen LogP contribution >= 0.6 is 0 Å². The minimum Gasteiger partial charge on any atom is -0.322 e. The van der Waals surface area contributed by atoms with Crippen LogP contribution in [-0.4, -0.2) is 31.7 Å². The molecule has 0 bridgehead atoms. The lowest BCUT2D eigenvalue weighted by Crippen LogP contribution is -2.42. The Bertz CT molecular complexity index is 895. The van der Waals surface area contributed by atoms with Crippen LogP contribution in [0.5, 0.6) is 0 Å². The van der Waals surface area contributed by atoms with Gasteiger partial charge in [0.1, 0.15) is 0 Å². The van der Waals surface area contributed by atoms with Crippen LogP contribution in [0.3, 0.4) is 0 Å². The lowest BCUT2D eigenvalue weighted by Gasteiger charge is -2.34. The first-order valence-corrected chi connectivity index (χ1v) is 10.7. The van der Waals surface area contributed by atoms with E-state index in [9.17, 15) is 13.2 Å². The van der Waals surface area contributed by atoms with E-state index in [4.69, 9.17) is 0 Å². The first-order valence-electron chi connectivity index (χ1n) is 9.24. The highest BCUT2D eigenvalue weighted by Crippen LogP contribution is 2.27. The molecular weight excluding hydrogens is 360 g/mol. The highest BCUT2D eigenvalue weighted by atomic mass is 32.2. The van der Waals surface area contributed by atoms with Crippen LogP contribution in [0.25, 0.3) is 0 Å². The zero-order valence-electron chi connectivity index (χ0n) is 16.0. The van der Waals surface area contributed by atoms with Gasteiger partial charge in [-0.05, 0) is 61.6 Å². The summed E-state index contributed by atoms with van der Waals surface area (Å²) in [4.78, 5) is 12.6. The molecule has 2 unspecified atom stereocenters. The molecule has 2 aromatic carbocycles. The summed E-state index contributed by atoms with van der Waals surface area (Å²) in [6.07, 6.45) is 1.05. The van der Waals surface area contributed by atoms with Crippen LogP contribution in [0.2, 0.25) is 0 Å². The average Bonchev–Trinajstić information content (AvgIpc) is 2.62. The molecule has 0 radical (unpaired) electrons. The average molecular weight is 387 g/mol. The second-order valence-corrected chi connectivity index (χ2v) is 9.55. The minimum atomic E-state index is -3.51. The van der Waals surface area contributed by atoms with Crippen molar-refractivity contribution in [1.82, 2.24) is 4.31 Å². The number of sulfonamides is 1. The topological polar surface area (TPSA) is 66.5 Å². The standard InChI is InChI=1S/C21H26N2O3S/c1-15-4-6-18(7-5-15)21(24)22-19-8-10-20(11-9-19)27(25,26)23-13-16(2)12-17(3)14-23/h4-11,16-17H,12-14H2,1-3H3,(H,22,24). The third-order valence-electron chi connectivity index (χ3n) is 4.90. The van der Waals surface area contributed by atoms with E-state index in [0.29, 0.717) is 36.2 Å². The number of nitrogens with one attached hydrogen (secondary N) is 1. The van der Waals surface area contributed by atoms with Crippen molar-refractivity contribution < 1.29 is 13.2 Å². The fourth-order valence-corrected chi connectivity index (χ4v) is 5.25. The quantitative estimate of drug-likeness (QED) is 0.866. The van der Waals surface area contributed by atoms with Gasteiger partial charge in [-0.2, -0.15) is 4.31 Å². The Morgan fingerprint density at radius 2 is 1.52 bits per heavy atom. The Kier molecular flexibility index (Phi) is 5.67. The number of rotatable bonds is 4. The Morgan fingerprint density at radius 1 is 0.963 bits per heavy atom. The number of carbonyl (C=O) groups excluding carboxylic acids is 1. The molecule has 1 N–H and O–H groups in total. The number of carbonyl (C=O) groups is 1. The second-order valence-electron chi connectivity index (χ2n) is 7.61. The Labute approximate surface area is 161 Å². The summed E-state index contributed by atoms with van der Waals surface area (Å²) in [5.74, 6) is 0.498. The van der Waals surface area contributed by atoms with Gasteiger partial charge in [-0.25, -0.2) is 8.42 Å². The van der Waals surface area contributed by atoms with E-state index >= 15 is 0 Å². The van der Waals surface area contributed by atoms with Gasteiger partial charge in [-0.3, -0.25) is 4.79 Å². The summed E-state index contributed by atoms with van der Waals surface area (Å²) in [6.45, 7) is 7.24. The molecule has 1 amide bonds. The lowest BCUT2D eigenvalue weighted by molar-refractivity contribution is 0.102. The Balaban J connectivity index is 1.72. The Morgan fingerprint density at radius 3 is 2.07 bits per heavy atom. The molecule has 27 heavy (non-hydrogen) atoms. The first kappa shape index (κ1) is 19.6. The van der Waals surface area contributed by atoms with Crippen molar-refractivity contribution in [3.05, 3.63) is 59.7 Å². The van der Waals surface area contributed by atoms with E-state index in [1.807, 2.05) is 19.1 Å². The third-order valence-corrected chi connectivity index (χ3v) is 6.74. The van der Waals surface area contributed by atoms with Crippen molar-refractivity contribution in [3.63, 3.8) is 0 Å². The van der Waals surface area contributed by atoms with E-state index in [1.54, 1.807) is 40.7 Å². The maximum atomic E-state index is 12.9. The van der Waals surface area contributed by atoms with Crippen LogP contribution in [0, 0.1) is 18.8 Å². The highest BCUT2D eigenvalue weighted by Gasteiger charge is 2.31. The lowest BCUT2D eigenvalue weighted by atomic mass is 9.94. The molecule has 6 heteroatoms. The SMILES string of the molecule is Cc1ccc(C(=O)Nc2ccc(S(=O)(=O)N3CC(C)CC(C)C3)cc2)cc1. The maximum Gasteiger partial charge on any atom is 0.255 e. The zero-order valence-corrected chi connectivity index (χ0v) is 16.8. The van der Waals surface area contributed by atoms with Gasteiger partial charge in [0, 0.05) is 24.3 Å². The molecule has 5 nitrogen and oxygen atoms in total. The van der Waals surface area contributed by atoms with Gasteiger partial charge in [0.05, 0.1) is 4.90 Å². The van der Waals surface area contributed by atoms with E-state index in [2.05, 4.69) is 19.2 Å². The number of nitrogens with zero attached hydrogens (tertiary/aromatic N) is 1. The predicted octanol–water partition coefficient (Wildman–Crippen LogP) is 3.91. The molecule has 1 fully saturated rings. The van der Waals surface area contributed by atoms with Crippen molar-refractivity contribution in [3.8, 4) is 0 Å². The van der Waals surface area contributed by atoms with Gasteiger partial charge in [0.2, 0.25) is 10.0 Å². The van der Waals surface area contributed by atoms with E-state index < -0.39 is 10.0 Å². The van der Waals surface area contributed by atoms with E-state index in [1.165, 1.54) is 0 Å². The van der Waals surface area contributed by atoms with Gasteiger partial charge in [0.15, 0.2) is 0 Å². The molecule has 3 rings (SSSR count). The molecule has 1 saturated heterocycles. The van der Waals surface area contributed by atoms with Gasteiger partial charge < -0.3 is 5.32 Å². The molecule has 2 aromatic rings. The molecule has 1 heterocycles. The normalized spacial score (nSPS) is 21.0.